The quantitative estimate of drug-likeness (QED) is 0.374. The van der Waals surface area contributed by atoms with Crippen LogP contribution in [0, 0.1) is 0 Å². The molecule has 1 heterocycles. The highest BCUT2D eigenvalue weighted by atomic mass is 16.7. The van der Waals surface area contributed by atoms with Crippen molar-refractivity contribution in [2.75, 3.05) is 6.61 Å². The van der Waals surface area contributed by atoms with Crippen molar-refractivity contribution in [1.29, 1.82) is 0 Å². The van der Waals surface area contributed by atoms with E-state index in [2.05, 4.69) is 6.92 Å². The Balaban J connectivity index is 1.91. The number of hydrogen-bond donors (Lipinski definition) is 0. The Kier molecular flexibility index (Phi) is 8.89. The number of para-hydroxylation sites is 1. The molecule has 0 aliphatic rings. The summed E-state index contributed by atoms with van der Waals surface area (Å²) < 4.78 is 6.81. The number of unbranched alkanes of at least 4 members (excludes halogenated alkanes) is 6. The van der Waals surface area contributed by atoms with Crippen molar-refractivity contribution in [2.45, 2.75) is 71.6 Å². The van der Waals surface area contributed by atoms with Gasteiger partial charge >= 0.3 is 11.9 Å². The van der Waals surface area contributed by atoms with E-state index in [9.17, 15) is 9.59 Å². The van der Waals surface area contributed by atoms with Gasteiger partial charge in [-0.3, -0.25) is 0 Å². The summed E-state index contributed by atoms with van der Waals surface area (Å²) >= 11 is 0. The maximum atomic E-state index is 12.5. The first kappa shape index (κ1) is 21.0. The van der Waals surface area contributed by atoms with Gasteiger partial charge in [-0.15, -0.1) is 0 Å². The molecule has 5 nitrogen and oxygen atoms in total. The van der Waals surface area contributed by atoms with Gasteiger partial charge in [0.1, 0.15) is 0 Å². The molecule has 148 valence electrons. The van der Waals surface area contributed by atoms with Crippen LogP contribution in [0.1, 0.15) is 82.0 Å². The van der Waals surface area contributed by atoms with Gasteiger partial charge < -0.3 is 9.57 Å². The minimum atomic E-state index is -0.373. The molecule has 0 amide bonds. The third-order valence-electron chi connectivity index (χ3n) is 4.53. The third kappa shape index (κ3) is 6.42. The highest BCUT2D eigenvalue weighted by molar-refractivity contribution is 6.04. The summed E-state index contributed by atoms with van der Waals surface area (Å²) in [7, 11) is 0. The predicted octanol–water partition coefficient (Wildman–Crippen LogP) is 5.30. The molecule has 0 bridgehead atoms. The van der Waals surface area contributed by atoms with Crippen molar-refractivity contribution in [2.24, 2.45) is 0 Å². The molecule has 0 spiro atoms. The maximum absolute atomic E-state index is 12.5. The van der Waals surface area contributed by atoms with E-state index < -0.39 is 0 Å². The number of rotatable bonds is 12. The number of nitrogens with zero attached hydrogens (tertiary/aromatic N) is 1. The summed E-state index contributed by atoms with van der Waals surface area (Å²) in [6, 6.07) is 7.36. The second-order valence-corrected chi connectivity index (χ2v) is 6.86. The molecule has 0 atom stereocenters. The van der Waals surface area contributed by atoms with Crippen molar-refractivity contribution < 1.29 is 19.2 Å². The number of fused-ring (bicyclic) bond motifs is 1. The minimum absolute atomic E-state index is 0.318. The second-order valence-electron chi connectivity index (χ2n) is 6.86. The van der Waals surface area contributed by atoms with Gasteiger partial charge in [-0.05, 0) is 18.9 Å². The van der Waals surface area contributed by atoms with Crippen LogP contribution >= 0.6 is 0 Å². The van der Waals surface area contributed by atoms with E-state index >= 15 is 0 Å². The van der Waals surface area contributed by atoms with Crippen molar-refractivity contribution in [3.63, 3.8) is 0 Å². The van der Waals surface area contributed by atoms with Crippen LogP contribution < -0.4 is 4.84 Å². The van der Waals surface area contributed by atoms with Crippen molar-refractivity contribution >= 4 is 22.8 Å². The Labute approximate surface area is 161 Å². The fourth-order valence-electron chi connectivity index (χ4n) is 3.05. The van der Waals surface area contributed by atoms with Gasteiger partial charge in [-0.25, -0.2) is 9.59 Å². The van der Waals surface area contributed by atoms with Gasteiger partial charge in [-0.1, -0.05) is 70.6 Å². The Morgan fingerprint density at radius 1 is 0.926 bits per heavy atom. The zero-order valence-electron chi connectivity index (χ0n) is 16.5. The molecule has 5 heteroatoms. The van der Waals surface area contributed by atoms with Crippen LogP contribution in [0.5, 0.6) is 0 Å². The summed E-state index contributed by atoms with van der Waals surface area (Å²) in [5, 5.41) is 0.728. The van der Waals surface area contributed by atoms with Gasteiger partial charge in [0.05, 0.1) is 23.9 Å². The van der Waals surface area contributed by atoms with Crippen LogP contribution in [0.2, 0.25) is 0 Å². The molecular formula is C22H31NO4. The van der Waals surface area contributed by atoms with Crippen LogP contribution in [0.4, 0.5) is 0 Å². The highest BCUT2D eigenvalue weighted by Gasteiger charge is 2.18. The zero-order chi connectivity index (χ0) is 19.5. The number of carbonyl (C=O) groups excluding carboxylic acids is 2. The molecule has 0 radical (unpaired) electrons. The first-order valence-corrected chi connectivity index (χ1v) is 10.2. The molecular weight excluding hydrogens is 342 g/mol. The van der Waals surface area contributed by atoms with E-state index in [-0.39, 0.29) is 11.9 Å². The average Bonchev–Trinajstić information content (AvgIpc) is 3.02. The molecule has 0 N–H and O–H groups in total. The maximum Gasteiger partial charge on any atom is 0.340 e. The molecule has 1 aromatic heterocycles. The number of esters is 1. The second kappa shape index (κ2) is 11.4. The Bertz CT molecular complexity index is 735. The average molecular weight is 373 g/mol. The summed E-state index contributed by atoms with van der Waals surface area (Å²) in [4.78, 5) is 29.7. The Hall–Kier alpha value is -2.30. The van der Waals surface area contributed by atoms with Gasteiger partial charge in [0.2, 0.25) is 0 Å². The molecule has 0 unspecified atom stereocenters. The van der Waals surface area contributed by atoms with E-state index in [4.69, 9.17) is 9.57 Å². The minimum Gasteiger partial charge on any atom is -0.462 e. The standard InChI is InChI=1S/C22H31NO4/c1-3-5-6-7-8-9-12-16-26-22(25)19-17-23(27-21(24)13-4-2)20-15-11-10-14-18(19)20/h10-11,14-15,17H,3-9,12-13,16H2,1-2H3. The molecule has 2 rings (SSSR count). The lowest BCUT2D eigenvalue weighted by Crippen LogP contribution is -2.18. The lowest BCUT2D eigenvalue weighted by Gasteiger charge is -2.05. The molecule has 0 saturated heterocycles. The SMILES string of the molecule is CCCCCCCCCOC(=O)c1cn(OC(=O)CCC)c2ccccc12. The van der Waals surface area contributed by atoms with E-state index in [0.717, 1.165) is 18.2 Å². The fraction of sp³-hybridized carbons (Fsp3) is 0.545. The normalized spacial score (nSPS) is 10.9. The smallest absolute Gasteiger partial charge is 0.340 e. The van der Waals surface area contributed by atoms with Crippen LogP contribution in [0.3, 0.4) is 0 Å². The number of benzene rings is 1. The van der Waals surface area contributed by atoms with Gasteiger partial charge in [0.15, 0.2) is 0 Å². The van der Waals surface area contributed by atoms with E-state index in [0.29, 0.717) is 30.5 Å². The van der Waals surface area contributed by atoms with Gasteiger partial charge in [0.25, 0.3) is 0 Å². The number of aromatic nitrogens is 1. The first-order chi connectivity index (χ1) is 13.2. The fourth-order valence-corrected chi connectivity index (χ4v) is 3.05. The first-order valence-electron chi connectivity index (χ1n) is 10.2. The predicted molar refractivity (Wildman–Crippen MR) is 107 cm³/mol. The van der Waals surface area contributed by atoms with Crippen molar-refractivity contribution in [1.82, 2.24) is 4.73 Å². The molecule has 27 heavy (non-hydrogen) atoms. The summed E-state index contributed by atoms with van der Waals surface area (Å²) in [5.74, 6) is -0.691. The van der Waals surface area contributed by atoms with Crippen molar-refractivity contribution in [3.05, 3.63) is 36.0 Å². The van der Waals surface area contributed by atoms with Gasteiger partial charge in [0, 0.05) is 11.8 Å². The monoisotopic (exact) mass is 373 g/mol. The number of carbonyl (C=O) groups is 2. The summed E-state index contributed by atoms with van der Waals surface area (Å²) in [6.07, 6.45) is 10.8. The highest BCUT2D eigenvalue weighted by Crippen LogP contribution is 2.21. The van der Waals surface area contributed by atoms with E-state index in [1.165, 1.54) is 36.8 Å². The van der Waals surface area contributed by atoms with E-state index in [1.54, 1.807) is 6.20 Å². The Morgan fingerprint density at radius 2 is 1.63 bits per heavy atom. The number of hydrogen-bond acceptors (Lipinski definition) is 4. The summed E-state index contributed by atoms with van der Waals surface area (Å²) in [5.41, 5.74) is 1.11. The van der Waals surface area contributed by atoms with Gasteiger partial charge in [-0.2, -0.15) is 4.73 Å². The number of ether oxygens (including phenoxy) is 1. The molecule has 0 aliphatic carbocycles. The van der Waals surface area contributed by atoms with Crippen LogP contribution in [-0.4, -0.2) is 23.3 Å². The molecule has 0 saturated carbocycles. The summed E-state index contributed by atoms with van der Waals surface area (Å²) in [6.45, 7) is 4.55. The molecule has 0 aliphatic heterocycles. The van der Waals surface area contributed by atoms with E-state index in [1.807, 2.05) is 31.2 Å². The van der Waals surface area contributed by atoms with Crippen molar-refractivity contribution in [3.8, 4) is 0 Å². The lowest BCUT2D eigenvalue weighted by molar-refractivity contribution is -0.143. The van der Waals surface area contributed by atoms with Crippen LogP contribution in [0.15, 0.2) is 30.5 Å². The largest absolute Gasteiger partial charge is 0.462 e. The Morgan fingerprint density at radius 3 is 2.37 bits per heavy atom. The van der Waals surface area contributed by atoms with Crippen LogP contribution in [0.25, 0.3) is 10.9 Å². The molecule has 0 fully saturated rings. The zero-order valence-corrected chi connectivity index (χ0v) is 16.5. The topological polar surface area (TPSA) is 57.5 Å². The third-order valence-corrected chi connectivity index (χ3v) is 4.53. The lowest BCUT2D eigenvalue weighted by atomic mass is 10.1. The van der Waals surface area contributed by atoms with Crippen LogP contribution in [-0.2, 0) is 9.53 Å². The molecule has 1 aromatic carbocycles. The molecule has 2 aromatic rings.